The first-order chi connectivity index (χ1) is 15.7. The lowest BCUT2D eigenvalue weighted by molar-refractivity contribution is -0.125. The van der Waals surface area contributed by atoms with Crippen LogP contribution in [0.25, 0.3) is 6.08 Å². The van der Waals surface area contributed by atoms with E-state index in [1.807, 2.05) is 17.0 Å². The molecule has 0 bridgehead atoms. The van der Waals surface area contributed by atoms with Crippen LogP contribution in [0.1, 0.15) is 89.0 Å². The second kappa shape index (κ2) is 11.5. The predicted molar refractivity (Wildman–Crippen MR) is 131 cm³/mol. The van der Waals surface area contributed by atoms with E-state index in [-0.39, 0.29) is 17.7 Å². The van der Waals surface area contributed by atoms with Crippen molar-refractivity contribution in [3.8, 4) is 5.75 Å². The quantitative estimate of drug-likeness (QED) is 0.371. The molecular weight excluding hydrogens is 398 g/mol. The van der Waals surface area contributed by atoms with Crippen molar-refractivity contribution < 1.29 is 9.90 Å². The molecule has 1 amide bonds. The van der Waals surface area contributed by atoms with Gasteiger partial charge in [0.1, 0.15) is 5.75 Å². The lowest BCUT2D eigenvalue weighted by Crippen LogP contribution is -2.53. The fourth-order valence-electron chi connectivity index (χ4n) is 5.41. The Morgan fingerprint density at radius 3 is 2.22 bits per heavy atom. The lowest BCUT2D eigenvalue weighted by Gasteiger charge is -2.41. The van der Waals surface area contributed by atoms with Gasteiger partial charge in [0.15, 0.2) is 0 Å². The van der Waals surface area contributed by atoms with E-state index in [1.54, 1.807) is 24.3 Å². The highest BCUT2D eigenvalue weighted by atomic mass is 16.3. The van der Waals surface area contributed by atoms with Gasteiger partial charge in [-0.05, 0) is 57.1 Å². The van der Waals surface area contributed by atoms with E-state index in [0.29, 0.717) is 11.6 Å². The molecule has 5 heteroatoms. The highest BCUT2D eigenvalue weighted by molar-refractivity contribution is 6.04. The number of nitrogens with zero attached hydrogens (tertiary/aromatic N) is 3. The fourth-order valence-corrected chi connectivity index (χ4v) is 5.41. The van der Waals surface area contributed by atoms with E-state index in [1.165, 1.54) is 57.8 Å². The summed E-state index contributed by atoms with van der Waals surface area (Å²) in [7, 11) is 0. The molecule has 1 heterocycles. The Morgan fingerprint density at radius 2 is 1.53 bits per heavy atom. The molecule has 5 nitrogen and oxygen atoms in total. The van der Waals surface area contributed by atoms with E-state index in [4.69, 9.17) is 4.99 Å². The highest BCUT2D eigenvalue weighted by Crippen LogP contribution is 2.28. The third kappa shape index (κ3) is 5.93. The van der Waals surface area contributed by atoms with Crippen molar-refractivity contribution in [1.29, 1.82) is 0 Å². The number of phenolic OH excluding ortho intramolecular Hbond substituents is 1. The first-order valence-electron chi connectivity index (χ1n) is 12.8. The summed E-state index contributed by atoms with van der Waals surface area (Å²) in [6, 6.07) is 7.73. The third-order valence-corrected chi connectivity index (χ3v) is 7.25. The Bertz CT molecular complexity index is 801. The number of likely N-dealkylation sites (tertiary alicyclic amines) is 1. The summed E-state index contributed by atoms with van der Waals surface area (Å²) in [5.74, 6) is 1.13. The topological polar surface area (TPSA) is 56.1 Å². The van der Waals surface area contributed by atoms with E-state index in [0.717, 1.165) is 44.7 Å². The molecule has 0 radical (unpaired) electrons. The normalized spacial score (nSPS) is 21.8. The number of amides is 1. The first-order valence-corrected chi connectivity index (χ1v) is 12.8. The highest BCUT2D eigenvalue weighted by Gasteiger charge is 2.32. The molecule has 1 saturated heterocycles. The smallest absolute Gasteiger partial charge is 0.253 e. The molecule has 3 aliphatic rings. The number of benzene rings is 1. The summed E-state index contributed by atoms with van der Waals surface area (Å²) in [5.41, 5.74) is 0.674. The van der Waals surface area contributed by atoms with Crippen LogP contribution in [-0.2, 0) is 4.79 Å². The van der Waals surface area contributed by atoms with Gasteiger partial charge in [-0.25, -0.2) is 4.99 Å². The first kappa shape index (κ1) is 22.9. The number of para-hydroxylation sites is 1. The number of carbonyl (C=O) groups is 1. The molecule has 3 fully saturated rings. The minimum Gasteiger partial charge on any atom is -0.507 e. The third-order valence-electron chi connectivity index (χ3n) is 7.25. The number of carbonyl (C=O) groups excluding carboxylic acids is 1. The van der Waals surface area contributed by atoms with Crippen molar-refractivity contribution in [2.75, 3.05) is 13.1 Å². The summed E-state index contributed by atoms with van der Waals surface area (Å²) in [6.07, 6.45) is 18.8. The average Bonchev–Trinajstić information content (AvgIpc) is 2.85. The zero-order valence-corrected chi connectivity index (χ0v) is 19.4. The van der Waals surface area contributed by atoms with Crippen LogP contribution >= 0.6 is 0 Å². The minimum atomic E-state index is 0.000265. The van der Waals surface area contributed by atoms with E-state index >= 15 is 0 Å². The molecule has 4 rings (SSSR count). The molecule has 2 aliphatic carbocycles. The maximum Gasteiger partial charge on any atom is 0.253 e. The zero-order valence-electron chi connectivity index (χ0n) is 19.4. The largest absolute Gasteiger partial charge is 0.507 e. The summed E-state index contributed by atoms with van der Waals surface area (Å²) >= 11 is 0. The van der Waals surface area contributed by atoms with Crippen LogP contribution in [-0.4, -0.2) is 51.9 Å². The minimum absolute atomic E-state index is 0.000265. The average molecular weight is 438 g/mol. The maximum atomic E-state index is 13.7. The molecule has 1 aromatic rings. The molecule has 0 aromatic heterocycles. The molecule has 32 heavy (non-hydrogen) atoms. The monoisotopic (exact) mass is 437 g/mol. The van der Waals surface area contributed by atoms with Gasteiger partial charge in [-0.1, -0.05) is 56.7 Å². The van der Waals surface area contributed by atoms with Gasteiger partial charge in [0.05, 0.1) is 6.04 Å². The van der Waals surface area contributed by atoms with E-state index in [2.05, 4.69) is 4.90 Å². The fraction of sp³-hybridized carbons (Fsp3) is 0.630. The van der Waals surface area contributed by atoms with Crippen LogP contribution in [0, 0.1) is 0 Å². The standard InChI is InChI=1S/C27H39N3O2/c31-25-17-9-8-12-22(25)18-19-26(32)30(24-15-6-2-7-16-24)27(29-20-10-3-11-21-29)28-23-13-4-1-5-14-23/h8-9,12,17-19,23-24,31H,1-7,10-11,13-16,20-21H2/b19-18+,28-27+. The number of phenols is 1. The summed E-state index contributed by atoms with van der Waals surface area (Å²) in [4.78, 5) is 23.4. The van der Waals surface area contributed by atoms with Gasteiger partial charge in [0.2, 0.25) is 5.96 Å². The van der Waals surface area contributed by atoms with Crippen molar-refractivity contribution in [3.63, 3.8) is 0 Å². The molecule has 1 aromatic carbocycles. The zero-order chi connectivity index (χ0) is 22.2. The molecule has 1 N–H and O–H groups in total. The predicted octanol–water partition coefficient (Wildman–Crippen LogP) is 5.74. The Morgan fingerprint density at radius 1 is 0.906 bits per heavy atom. The molecule has 0 unspecified atom stereocenters. The second-order valence-corrected chi connectivity index (χ2v) is 9.66. The van der Waals surface area contributed by atoms with Crippen LogP contribution in [0.3, 0.4) is 0 Å². The van der Waals surface area contributed by atoms with Gasteiger partial charge in [-0.2, -0.15) is 0 Å². The summed E-state index contributed by atoms with van der Waals surface area (Å²) in [6.45, 7) is 1.98. The second-order valence-electron chi connectivity index (χ2n) is 9.66. The van der Waals surface area contributed by atoms with Crippen LogP contribution in [0.2, 0.25) is 0 Å². The van der Waals surface area contributed by atoms with E-state index in [9.17, 15) is 9.90 Å². The van der Waals surface area contributed by atoms with Crippen molar-refractivity contribution in [3.05, 3.63) is 35.9 Å². The van der Waals surface area contributed by atoms with Crippen molar-refractivity contribution in [2.24, 2.45) is 4.99 Å². The van der Waals surface area contributed by atoms with Crippen LogP contribution in [0.4, 0.5) is 0 Å². The summed E-state index contributed by atoms with van der Waals surface area (Å²) in [5, 5.41) is 10.1. The molecule has 1 aliphatic heterocycles. The Balaban J connectivity index is 1.65. The number of piperidine rings is 1. The van der Waals surface area contributed by atoms with Crippen molar-refractivity contribution >= 4 is 17.9 Å². The van der Waals surface area contributed by atoms with Crippen molar-refractivity contribution in [2.45, 2.75) is 95.6 Å². The number of hydrogen-bond acceptors (Lipinski definition) is 3. The number of guanidine groups is 1. The lowest BCUT2D eigenvalue weighted by atomic mass is 9.93. The van der Waals surface area contributed by atoms with Gasteiger partial charge in [0, 0.05) is 30.8 Å². The Labute approximate surface area is 193 Å². The molecule has 0 spiro atoms. The Kier molecular flexibility index (Phi) is 8.24. The SMILES string of the molecule is O=C(/C=C/c1ccccc1O)N(/C(=N/C1CCCCC1)N1CCCCC1)C1CCCCC1. The van der Waals surface area contributed by atoms with E-state index < -0.39 is 0 Å². The van der Waals surface area contributed by atoms with Crippen LogP contribution in [0.5, 0.6) is 5.75 Å². The van der Waals surface area contributed by atoms with Gasteiger partial charge in [-0.15, -0.1) is 0 Å². The molecular formula is C27H39N3O2. The molecule has 174 valence electrons. The molecule has 2 saturated carbocycles. The number of aliphatic imine (C=N–C) groups is 1. The van der Waals surface area contributed by atoms with Crippen molar-refractivity contribution in [1.82, 2.24) is 9.80 Å². The number of aromatic hydroxyl groups is 1. The van der Waals surface area contributed by atoms with Gasteiger partial charge in [-0.3, -0.25) is 9.69 Å². The Hall–Kier alpha value is -2.30. The van der Waals surface area contributed by atoms with Gasteiger partial charge in [0.25, 0.3) is 5.91 Å². The number of hydrogen-bond donors (Lipinski definition) is 1. The van der Waals surface area contributed by atoms with Crippen LogP contribution in [0.15, 0.2) is 35.3 Å². The van der Waals surface area contributed by atoms with Crippen LogP contribution < -0.4 is 0 Å². The number of rotatable bonds is 4. The summed E-state index contributed by atoms with van der Waals surface area (Å²) < 4.78 is 0. The molecule has 0 atom stereocenters. The van der Waals surface area contributed by atoms with Gasteiger partial charge < -0.3 is 10.0 Å². The maximum absolute atomic E-state index is 13.7. The van der Waals surface area contributed by atoms with Gasteiger partial charge >= 0.3 is 0 Å².